The van der Waals surface area contributed by atoms with Crippen LogP contribution >= 0.6 is 0 Å². The van der Waals surface area contributed by atoms with Crippen molar-refractivity contribution in [3.63, 3.8) is 0 Å². The monoisotopic (exact) mass is 332 g/mol. The minimum absolute atomic E-state index is 0.183. The Hall–Kier alpha value is -3.29. The first-order valence-corrected chi connectivity index (χ1v) is 6.97. The summed E-state index contributed by atoms with van der Waals surface area (Å²) in [5, 5.41) is 21.8. The summed E-state index contributed by atoms with van der Waals surface area (Å²) in [6.07, 6.45) is -1.26. The Morgan fingerprint density at radius 1 is 1.25 bits per heavy atom. The summed E-state index contributed by atoms with van der Waals surface area (Å²) >= 11 is 0. The van der Waals surface area contributed by atoms with Crippen LogP contribution in [0.1, 0.15) is 11.1 Å². The molecule has 8 heteroatoms. The lowest BCUT2D eigenvalue weighted by molar-refractivity contribution is -0.385. The normalized spacial score (nSPS) is 10.1. The number of ether oxygens (including phenoxy) is 2. The number of nitrogens with one attached hydrogen (secondary N) is 1. The first kappa shape index (κ1) is 17.1. The van der Waals surface area contributed by atoms with Crippen LogP contribution in [0.15, 0.2) is 36.4 Å². The van der Waals surface area contributed by atoms with Crippen LogP contribution in [0.25, 0.3) is 0 Å². The molecule has 0 spiro atoms. The Labute approximate surface area is 137 Å². The largest absolute Gasteiger partial charge is 0.496 e. The van der Waals surface area contributed by atoms with Crippen LogP contribution in [0.5, 0.6) is 17.2 Å². The van der Waals surface area contributed by atoms with E-state index in [2.05, 4.69) is 5.32 Å². The third-order valence-electron chi connectivity index (χ3n) is 3.29. The Bertz CT molecular complexity index is 775. The van der Waals surface area contributed by atoms with E-state index in [4.69, 9.17) is 14.6 Å². The summed E-state index contributed by atoms with van der Waals surface area (Å²) in [6.45, 7) is 1.70. The van der Waals surface area contributed by atoms with Gasteiger partial charge in [0.2, 0.25) is 0 Å². The fourth-order valence-electron chi connectivity index (χ4n) is 2.12. The lowest BCUT2D eigenvalue weighted by Gasteiger charge is -2.11. The van der Waals surface area contributed by atoms with Crippen LogP contribution in [0, 0.1) is 17.0 Å². The second-order valence-electron chi connectivity index (χ2n) is 4.94. The van der Waals surface area contributed by atoms with E-state index >= 15 is 0 Å². The summed E-state index contributed by atoms with van der Waals surface area (Å²) in [4.78, 5) is 21.1. The number of aryl methyl sites for hydroxylation is 1. The molecule has 126 valence electrons. The van der Waals surface area contributed by atoms with Crippen molar-refractivity contribution in [1.82, 2.24) is 5.32 Å². The van der Waals surface area contributed by atoms with E-state index in [-0.39, 0.29) is 17.8 Å². The number of carboxylic acid groups (broad SMARTS) is 1. The van der Waals surface area contributed by atoms with Crippen LogP contribution in [0.3, 0.4) is 0 Å². The van der Waals surface area contributed by atoms with Crippen LogP contribution in [0.2, 0.25) is 0 Å². The lowest BCUT2D eigenvalue weighted by Crippen LogP contribution is -2.20. The predicted octanol–water partition coefficient (Wildman–Crippen LogP) is 3.47. The van der Waals surface area contributed by atoms with Gasteiger partial charge in [-0.1, -0.05) is 6.07 Å². The number of amides is 1. The van der Waals surface area contributed by atoms with Gasteiger partial charge in [-0.2, -0.15) is 0 Å². The molecule has 0 saturated heterocycles. The van der Waals surface area contributed by atoms with Gasteiger partial charge >= 0.3 is 6.09 Å². The van der Waals surface area contributed by atoms with E-state index in [1.54, 1.807) is 19.2 Å². The van der Waals surface area contributed by atoms with Gasteiger partial charge in [0.15, 0.2) is 0 Å². The zero-order chi connectivity index (χ0) is 17.7. The maximum atomic E-state index is 11.0. The number of rotatable bonds is 6. The predicted molar refractivity (Wildman–Crippen MR) is 85.8 cm³/mol. The smallest absolute Gasteiger partial charge is 0.404 e. The third kappa shape index (κ3) is 4.13. The Morgan fingerprint density at radius 3 is 2.54 bits per heavy atom. The van der Waals surface area contributed by atoms with E-state index in [9.17, 15) is 14.9 Å². The zero-order valence-electron chi connectivity index (χ0n) is 13.1. The molecule has 0 aliphatic carbocycles. The quantitative estimate of drug-likeness (QED) is 0.619. The lowest BCUT2D eigenvalue weighted by atomic mass is 10.1. The molecule has 0 radical (unpaired) electrons. The minimum Gasteiger partial charge on any atom is -0.496 e. The van der Waals surface area contributed by atoms with Crippen molar-refractivity contribution in [2.45, 2.75) is 13.5 Å². The summed E-state index contributed by atoms with van der Waals surface area (Å²) in [5.74, 6) is 1.51. The summed E-state index contributed by atoms with van der Waals surface area (Å²) in [6, 6.07) is 9.43. The fraction of sp³-hybridized carbons (Fsp3) is 0.188. The average Bonchev–Trinajstić information content (AvgIpc) is 2.54. The van der Waals surface area contributed by atoms with Gasteiger partial charge in [-0.15, -0.1) is 0 Å². The van der Waals surface area contributed by atoms with Crippen molar-refractivity contribution in [3.05, 3.63) is 57.6 Å². The average molecular weight is 332 g/mol. The van der Waals surface area contributed by atoms with Crippen molar-refractivity contribution in [2.75, 3.05) is 7.11 Å². The molecule has 0 aliphatic heterocycles. The molecule has 0 heterocycles. The zero-order valence-corrected chi connectivity index (χ0v) is 13.1. The highest BCUT2D eigenvalue weighted by molar-refractivity contribution is 5.64. The van der Waals surface area contributed by atoms with Gasteiger partial charge < -0.3 is 19.9 Å². The van der Waals surface area contributed by atoms with Gasteiger partial charge in [0.05, 0.1) is 24.1 Å². The molecule has 1 amide bonds. The van der Waals surface area contributed by atoms with Crippen LogP contribution in [0.4, 0.5) is 10.5 Å². The van der Waals surface area contributed by atoms with Crippen molar-refractivity contribution in [3.8, 4) is 17.2 Å². The van der Waals surface area contributed by atoms with E-state index in [1.807, 2.05) is 13.0 Å². The first-order chi connectivity index (χ1) is 11.4. The van der Waals surface area contributed by atoms with Crippen LogP contribution < -0.4 is 14.8 Å². The Balaban J connectivity index is 2.28. The van der Waals surface area contributed by atoms with Gasteiger partial charge in [0.25, 0.3) is 5.69 Å². The van der Waals surface area contributed by atoms with E-state index < -0.39 is 11.0 Å². The maximum absolute atomic E-state index is 11.0. The molecule has 0 bridgehead atoms. The summed E-state index contributed by atoms with van der Waals surface area (Å²) in [5.41, 5.74) is 0.969. The highest BCUT2D eigenvalue weighted by Crippen LogP contribution is 2.30. The molecule has 0 aliphatic rings. The molecule has 0 fully saturated rings. The number of methoxy groups -OCH3 is 1. The molecule has 2 aromatic carbocycles. The standard InChI is InChI=1S/C16H16N2O6/c1-10-3-4-13(8-15(10)23-2)24-12-5-6-14(18(21)22)11(7-12)9-17-16(19)20/h3-8,17H,9H2,1-2H3,(H,19,20). The van der Waals surface area contributed by atoms with Crippen LogP contribution in [-0.2, 0) is 6.54 Å². The molecule has 0 aromatic heterocycles. The number of benzene rings is 2. The second-order valence-corrected chi connectivity index (χ2v) is 4.94. The topological polar surface area (TPSA) is 111 Å². The van der Waals surface area contributed by atoms with Crippen LogP contribution in [-0.4, -0.2) is 23.2 Å². The highest BCUT2D eigenvalue weighted by Gasteiger charge is 2.16. The number of nitro groups is 1. The number of hydrogen-bond donors (Lipinski definition) is 2. The van der Waals surface area contributed by atoms with Gasteiger partial charge in [0, 0.05) is 12.1 Å². The SMILES string of the molecule is COc1cc(Oc2ccc([N+](=O)[O-])c(CNC(=O)O)c2)ccc1C. The van der Waals surface area contributed by atoms with Gasteiger partial charge in [-0.25, -0.2) is 4.79 Å². The van der Waals surface area contributed by atoms with E-state index in [0.717, 1.165) is 5.56 Å². The maximum Gasteiger partial charge on any atom is 0.404 e. The molecule has 2 rings (SSSR count). The minimum atomic E-state index is -1.26. The fourth-order valence-corrected chi connectivity index (χ4v) is 2.12. The van der Waals surface area contributed by atoms with E-state index in [1.165, 1.54) is 18.2 Å². The molecule has 0 atom stereocenters. The number of nitro benzene ring substituents is 1. The van der Waals surface area contributed by atoms with Gasteiger partial charge in [-0.05, 0) is 30.7 Å². The molecule has 0 saturated carbocycles. The van der Waals surface area contributed by atoms with Crippen molar-refractivity contribution < 1.29 is 24.3 Å². The Morgan fingerprint density at radius 2 is 1.92 bits per heavy atom. The number of carbonyl (C=O) groups is 1. The molecule has 8 nitrogen and oxygen atoms in total. The second kappa shape index (κ2) is 7.32. The molecule has 0 unspecified atom stereocenters. The van der Waals surface area contributed by atoms with Crippen molar-refractivity contribution in [2.24, 2.45) is 0 Å². The molecule has 2 N–H and O–H groups in total. The molecular formula is C16H16N2O6. The van der Waals surface area contributed by atoms with Crippen molar-refractivity contribution in [1.29, 1.82) is 0 Å². The first-order valence-electron chi connectivity index (χ1n) is 6.97. The molecule has 24 heavy (non-hydrogen) atoms. The van der Waals surface area contributed by atoms with E-state index in [0.29, 0.717) is 17.2 Å². The van der Waals surface area contributed by atoms with Gasteiger partial charge in [-0.3, -0.25) is 10.1 Å². The third-order valence-corrected chi connectivity index (χ3v) is 3.29. The number of nitrogens with zero attached hydrogens (tertiary/aromatic N) is 1. The molecular weight excluding hydrogens is 316 g/mol. The summed E-state index contributed by atoms with van der Waals surface area (Å²) in [7, 11) is 1.55. The highest BCUT2D eigenvalue weighted by atomic mass is 16.6. The summed E-state index contributed by atoms with van der Waals surface area (Å²) < 4.78 is 10.9. The number of hydrogen-bond acceptors (Lipinski definition) is 5. The Kier molecular flexibility index (Phi) is 5.20. The molecule has 2 aromatic rings. The van der Waals surface area contributed by atoms with Gasteiger partial charge in [0.1, 0.15) is 17.2 Å². The van der Waals surface area contributed by atoms with Crippen molar-refractivity contribution >= 4 is 11.8 Å².